The molecule has 1 unspecified atom stereocenters. The molecule has 0 radical (unpaired) electrons. The third-order valence-corrected chi connectivity index (χ3v) is 3.16. The Bertz CT molecular complexity index is 299. The molecule has 3 heteroatoms. The molecule has 1 atom stereocenters. The van der Waals surface area contributed by atoms with Crippen molar-refractivity contribution in [2.45, 2.75) is 24.8 Å². The Kier molecular flexibility index (Phi) is 4.29. The van der Waals surface area contributed by atoms with Gasteiger partial charge in [0, 0.05) is 16.7 Å². The predicted molar refractivity (Wildman–Crippen MR) is 62.1 cm³/mol. The summed E-state index contributed by atoms with van der Waals surface area (Å²) in [4.78, 5) is 1.25. The highest BCUT2D eigenvalue weighted by Crippen LogP contribution is 2.25. The molecule has 2 N–H and O–H groups in total. The second kappa shape index (κ2) is 5.27. The van der Waals surface area contributed by atoms with Gasteiger partial charge in [-0.1, -0.05) is 0 Å². The van der Waals surface area contributed by atoms with Crippen LogP contribution in [0, 0.1) is 6.92 Å². The number of thioether (sulfide) groups is 1. The van der Waals surface area contributed by atoms with Crippen LogP contribution in [0.2, 0.25) is 0 Å². The monoisotopic (exact) mass is 211 g/mol. The minimum atomic E-state index is 0.238. The SMILES string of the molecule is COc1ccc(SCC(C)N)cc1C. The van der Waals surface area contributed by atoms with Crippen molar-refractivity contribution in [2.24, 2.45) is 5.73 Å². The van der Waals surface area contributed by atoms with Crippen LogP contribution in [-0.4, -0.2) is 18.9 Å². The van der Waals surface area contributed by atoms with Crippen LogP contribution < -0.4 is 10.5 Å². The van der Waals surface area contributed by atoms with Crippen molar-refractivity contribution in [1.29, 1.82) is 0 Å². The molecular weight excluding hydrogens is 194 g/mol. The summed E-state index contributed by atoms with van der Waals surface area (Å²) in [6.45, 7) is 4.07. The molecule has 0 bridgehead atoms. The van der Waals surface area contributed by atoms with E-state index in [1.54, 1.807) is 18.9 Å². The van der Waals surface area contributed by atoms with Crippen LogP contribution in [0.15, 0.2) is 23.1 Å². The second-order valence-corrected chi connectivity index (χ2v) is 4.51. The molecule has 0 heterocycles. The molecule has 0 fully saturated rings. The van der Waals surface area contributed by atoms with Crippen molar-refractivity contribution in [3.8, 4) is 5.75 Å². The summed E-state index contributed by atoms with van der Waals surface area (Å²) in [6, 6.07) is 6.44. The molecule has 0 aliphatic rings. The number of hydrogen-bond acceptors (Lipinski definition) is 3. The Balaban J connectivity index is 2.66. The summed E-state index contributed by atoms with van der Waals surface area (Å²) in [5.74, 6) is 1.89. The molecule has 1 aromatic rings. The van der Waals surface area contributed by atoms with E-state index >= 15 is 0 Å². The molecule has 0 amide bonds. The van der Waals surface area contributed by atoms with Crippen molar-refractivity contribution in [3.63, 3.8) is 0 Å². The number of methoxy groups -OCH3 is 1. The smallest absolute Gasteiger partial charge is 0.121 e. The number of aryl methyl sites for hydroxylation is 1. The first-order valence-electron chi connectivity index (χ1n) is 4.66. The van der Waals surface area contributed by atoms with E-state index < -0.39 is 0 Å². The minimum Gasteiger partial charge on any atom is -0.496 e. The lowest BCUT2D eigenvalue weighted by atomic mass is 10.2. The molecule has 0 spiro atoms. The summed E-state index contributed by atoms with van der Waals surface area (Å²) in [5.41, 5.74) is 6.86. The number of benzene rings is 1. The third-order valence-electron chi connectivity index (χ3n) is 1.88. The molecule has 78 valence electrons. The maximum Gasteiger partial charge on any atom is 0.121 e. The van der Waals surface area contributed by atoms with Crippen LogP contribution in [0.3, 0.4) is 0 Å². The zero-order valence-electron chi connectivity index (χ0n) is 8.91. The van der Waals surface area contributed by atoms with Gasteiger partial charge in [0.15, 0.2) is 0 Å². The van der Waals surface area contributed by atoms with Gasteiger partial charge in [-0.15, -0.1) is 11.8 Å². The third kappa shape index (κ3) is 3.24. The van der Waals surface area contributed by atoms with Crippen LogP contribution >= 0.6 is 11.8 Å². The lowest BCUT2D eigenvalue weighted by Gasteiger charge is -2.08. The largest absolute Gasteiger partial charge is 0.496 e. The second-order valence-electron chi connectivity index (χ2n) is 3.42. The van der Waals surface area contributed by atoms with Crippen LogP contribution in [0.4, 0.5) is 0 Å². The summed E-state index contributed by atoms with van der Waals surface area (Å²) in [7, 11) is 1.69. The van der Waals surface area contributed by atoms with E-state index in [1.807, 2.05) is 13.0 Å². The van der Waals surface area contributed by atoms with Gasteiger partial charge in [-0.05, 0) is 37.6 Å². The van der Waals surface area contributed by atoms with Crippen molar-refractivity contribution in [2.75, 3.05) is 12.9 Å². The van der Waals surface area contributed by atoms with Crippen molar-refractivity contribution in [1.82, 2.24) is 0 Å². The Morgan fingerprint density at radius 2 is 2.21 bits per heavy atom. The molecule has 0 aliphatic heterocycles. The highest BCUT2D eigenvalue weighted by molar-refractivity contribution is 7.99. The summed E-state index contributed by atoms with van der Waals surface area (Å²) < 4.78 is 5.19. The number of rotatable bonds is 4. The average Bonchev–Trinajstić information content (AvgIpc) is 2.15. The maximum absolute atomic E-state index is 5.69. The highest BCUT2D eigenvalue weighted by Gasteiger charge is 2.01. The van der Waals surface area contributed by atoms with Gasteiger partial charge in [0.2, 0.25) is 0 Å². The van der Waals surface area contributed by atoms with E-state index in [0.29, 0.717) is 0 Å². The van der Waals surface area contributed by atoms with E-state index in [-0.39, 0.29) is 6.04 Å². The first kappa shape index (κ1) is 11.4. The highest BCUT2D eigenvalue weighted by atomic mass is 32.2. The zero-order chi connectivity index (χ0) is 10.6. The summed E-state index contributed by atoms with van der Waals surface area (Å²) in [6.07, 6.45) is 0. The maximum atomic E-state index is 5.69. The molecule has 1 rings (SSSR count). The number of ether oxygens (including phenoxy) is 1. The van der Waals surface area contributed by atoms with Gasteiger partial charge >= 0.3 is 0 Å². The van der Waals surface area contributed by atoms with E-state index in [1.165, 1.54) is 10.5 Å². The molecule has 0 saturated heterocycles. The van der Waals surface area contributed by atoms with Crippen LogP contribution in [-0.2, 0) is 0 Å². The molecule has 0 aliphatic carbocycles. The predicted octanol–water partition coefficient (Wildman–Crippen LogP) is 2.44. The molecule has 0 saturated carbocycles. The van der Waals surface area contributed by atoms with Gasteiger partial charge in [-0.3, -0.25) is 0 Å². The Labute approximate surface area is 89.8 Å². The fourth-order valence-corrected chi connectivity index (χ4v) is 2.05. The Morgan fingerprint density at radius 3 is 2.71 bits per heavy atom. The standard InChI is InChI=1S/C11H17NOS/c1-8-6-10(14-7-9(2)12)4-5-11(8)13-3/h4-6,9H,7,12H2,1-3H3. The fourth-order valence-electron chi connectivity index (χ4n) is 1.17. The lowest BCUT2D eigenvalue weighted by molar-refractivity contribution is 0.411. The Hall–Kier alpha value is -0.670. The van der Waals surface area contributed by atoms with Crippen molar-refractivity contribution in [3.05, 3.63) is 23.8 Å². The van der Waals surface area contributed by atoms with Crippen LogP contribution in [0.5, 0.6) is 5.75 Å². The van der Waals surface area contributed by atoms with Gasteiger partial charge in [0.05, 0.1) is 7.11 Å². The molecule has 1 aromatic carbocycles. The molecule has 0 aromatic heterocycles. The Morgan fingerprint density at radius 1 is 1.50 bits per heavy atom. The van der Waals surface area contributed by atoms with E-state index in [2.05, 4.69) is 19.1 Å². The van der Waals surface area contributed by atoms with Gasteiger partial charge in [-0.2, -0.15) is 0 Å². The number of hydrogen-bond donors (Lipinski definition) is 1. The lowest BCUT2D eigenvalue weighted by Crippen LogP contribution is -2.17. The van der Waals surface area contributed by atoms with E-state index in [9.17, 15) is 0 Å². The quantitative estimate of drug-likeness (QED) is 0.777. The first-order chi connectivity index (χ1) is 6.63. The molecular formula is C11H17NOS. The van der Waals surface area contributed by atoms with Gasteiger partial charge in [-0.25, -0.2) is 0 Å². The number of nitrogens with two attached hydrogens (primary N) is 1. The van der Waals surface area contributed by atoms with Gasteiger partial charge in [0.25, 0.3) is 0 Å². The summed E-state index contributed by atoms with van der Waals surface area (Å²) in [5, 5.41) is 0. The van der Waals surface area contributed by atoms with E-state index in [0.717, 1.165) is 11.5 Å². The fraction of sp³-hybridized carbons (Fsp3) is 0.455. The van der Waals surface area contributed by atoms with Gasteiger partial charge in [0.1, 0.15) is 5.75 Å². The zero-order valence-corrected chi connectivity index (χ0v) is 9.73. The van der Waals surface area contributed by atoms with Crippen molar-refractivity contribution >= 4 is 11.8 Å². The summed E-state index contributed by atoms with van der Waals surface area (Å²) >= 11 is 1.78. The van der Waals surface area contributed by atoms with Gasteiger partial charge < -0.3 is 10.5 Å². The normalized spacial score (nSPS) is 12.6. The van der Waals surface area contributed by atoms with Crippen molar-refractivity contribution < 1.29 is 4.74 Å². The minimum absolute atomic E-state index is 0.238. The first-order valence-corrected chi connectivity index (χ1v) is 5.65. The molecule has 2 nitrogen and oxygen atoms in total. The molecule has 14 heavy (non-hydrogen) atoms. The van der Waals surface area contributed by atoms with Crippen LogP contribution in [0.25, 0.3) is 0 Å². The van der Waals surface area contributed by atoms with Crippen LogP contribution in [0.1, 0.15) is 12.5 Å². The topological polar surface area (TPSA) is 35.2 Å². The van der Waals surface area contributed by atoms with E-state index in [4.69, 9.17) is 10.5 Å². The average molecular weight is 211 g/mol.